The van der Waals surface area contributed by atoms with E-state index in [2.05, 4.69) is 5.32 Å². The summed E-state index contributed by atoms with van der Waals surface area (Å²) in [7, 11) is 1.67. The quantitative estimate of drug-likeness (QED) is 0.571. The van der Waals surface area contributed by atoms with E-state index >= 15 is 0 Å². The molecule has 5 nitrogen and oxygen atoms in total. The lowest BCUT2D eigenvalue weighted by molar-refractivity contribution is 0.105. The molecular formula is C13H21NO4. The number of aliphatic hydroxyl groups is 2. The average Bonchev–Trinajstić information content (AvgIpc) is 2.42. The lowest BCUT2D eigenvalue weighted by Gasteiger charge is -2.11. The van der Waals surface area contributed by atoms with Crippen LogP contribution in [-0.2, 0) is 4.74 Å². The average molecular weight is 255 g/mol. The van der Waals surface area contributed by atoms with Crippen molar-refractivity contribution in [3.63, 3.8) is 0 Å². The third kappa shape index (κ3) is 5.86. The Hall–Kier alpha value is -1.30. The fourth-order valence-electron chi connectivity index (χ4n) is 1.36. The van der Waals surface area contributed by atoms with Gasteiger partial charge in [0.2, 0.25) is 0 Å². The van der Waals surface area contributed by atoms with Crippen LogP contribution in [0.15, 0.2) is 24.3 Å². The van der Waals surface area contributed by atoms with Gasteiger partial charge < -0.3 is 25.0 Å². The standard InChI is InChI=1S/C13H21NO4/c1-17-7-2-8-18-13-5-3-11(4-6-13)14-9-12(16)10-15/h3-6,12,14-16H,2,7-10H2,1H3. The van der Waals surface area contributed by atoms with Crippen molar-refractivity contribution in [2.75, 3.05) is 38.8 Å². The number of hydrogen-bond donors (Lipinski definition) is 3. The monoisotopic (exact) mass is 255 g/mol. The first kappa shape index (κ1) is 14.8. The van der Waals surface area contributed by atoms with Gasteiger partial charge in [-0.25, -0.2) is 0 Å². The summed E-state index contributed by atoms with van der Waals surface area (Å²) in [5.41, 5.74) is 0.881. The smallest absolute Gasteiger partial charge is 0.119 e. The Labute approximate surface area is 107 Å². The molecule has 18 heavy (non-hydrogen) atoms. The van der Waals surface area contributed by atoms with Gasteiger partial charge >= 0.3 is 0 Å². The molecule has 0 saturated carbocycles. The largest absolute Gasteiger partial charge is 0.494 e. The highest BCUT2D eigenvalue weighted by Gasteiger charge is 2.01. The topological polar surface area (TPSA) is 71.0 Å². The third-order valence-corrected chi connectivity index (χ3v) is 2.37. The molecule has 0 amide bonds. The minimum absolute atomic E-state index is 0.242. The van der Waals surface area contributed by atoms with E-state index in [1.807, 2.05) is 24.3 Å². The fourth-order valence-corrected chi connectivity index (χ4v) is 1.36. The maximum atomic E-state index is 9.19. The fraction of sp³-hybridized carbons (Fsp3) is 0.538. The molecule has 0 radical (unpaired) electrons. The molecule has 3 N–H and O–H groups in total. The van der Waals surface area contributed by atoms with Gasteiger partial charge in [-0.1, -0.05) is 0 Å². The Balaban J connectivity index is 2.28. The molecule has 1 unspecified atom stereocenters. The molecule has 0 aliphatic carbocycles. The lowest BCUT2D eigenvalue weighted by Crippen LogP contribution is -2.22. The van der Waals surface area contributed by atoms with Crippen LogP contribution in [0.3, 0.4) is 0 Å². The van der Waals surface area contributed by atoms with Crippen LogP contribution in [0, 0.1) is 0 Å². The number of nitrogens with one attached hydrogen (secondary N) is 1. The summed E-state index contributed by atoms with van der Waals surface area (Å²) in [4.78, 5) is 0. The summed E-state index contributed by atoms with van der Waals surface area (Å²) in [6, 6.07) is 7.46. The van der Waals surface area contributed by atoms with Crippen LogP contribution in [-0.4, -0.2) is 49.8 Å². The van der Waals surface area contributed by atoms with Gasteiger partial charge in [0.1, 0.15) is 5.75 Å². The van der Waals surface area contributed by atoms with Crippen LogP contribution in [0.4, 0.5) is 5.69 Å². The molecule has 1 aromatic rings. The second-order valence-electron chi connectivity index (χ2n) is 3.94. The van der Waals surface area contributed by atoms with E-state index in [0.717, 1.165) is 17.9 Å². The minimum Gasteiger partial charge on any atom is -0.494 e. The van der Waals surface area contributed by atoms with E-state index in [0.29, 0.717) is 19.8 Å². The molecule has 0 aliphatic rings. The molecule has 1 atom stereocenters. The summed E-state index contributed by atoms with van der Waals surface area (Å²) in [6.45, 7) is 1.40. The van der Waals surface area contributed by atoms with Crippen LogP contribution in [0.25, 0.3) is 0 Å². The highest BCUT2D eigenvalue weighted by Crippen LogP contribution is 2.15. The summed E-state index contributed by atoms with van der Waals surface area (Å²) in [5.74, 6) is 0.805. The highest BCUT2D eigenvalue weighted by atomic mass is 16.5. The lowest BCUT2D eigenvalue weighted by atomic mass is 10.3. The Morgan fingerprint density at radius 1 is 1.22 bits per heavy atom. The van der Waals surface area contributed by atoms with Crippen LogP contribution in [0.5, 0.6) is 5.75 Å². The van der Waals surface area contributed by atoms with Crippen LogP contribution >= 0.6 is 0 Å². The molecule has 1 rings (SSSR count). The van der Waals surface area contributed by atoms with E-state index in [4.69, 9.17) is 14.6 Å². The van der Waals surface area contributed by atoms with Crippen LogP contribution < -0.4 is 10.1 Å². The van der Waals surface area contributed by atoms with Crippen LogP contribution in [0.2, 0.25) is 0 Å². The molecule has 0 saturated heterocycles. The predicted octanol–water partition coefficient (Wildman–Crippen LogP) is 0.867. The van der Waals surface area contributed by atoms with E-state index in [1.165, 1.54) is 0 Å². The van der Waals surface area contributed by atoms with Crippen molar-refractivity contribution < 1.29 is 19.7 Å². The van der Waals surface area contributed by atoms with Gasteiger partial charge in [-0.05, 0) is 24.3 Å². The molecule has 5 heteroatoms. The summed E-state index contributed by atoms with van der Waals surface area (Å²) in [6.07, 6.45) is 0.120. The Morgan fingerprint density at radius 2 is 1.94 bits per heavy atom. The zero-order valence-corrected chi connectivity index (χ0v) is 10.6. The SMILES string of the molecule is COCCCOc1ccc(NCC(O)CO)cc1. The summed E-state index contributed by atoms with van der Waals surface area (Å²) in [5, 5.41) is 20.9. The Morgan fingerprint density at radius 3 is 2.56 bits per heavy atom. The number of rotatable bonds is 9. The molecule has 102 valence electrons. The number of methoxy groups -OCH3 is 1. The van der Waals surface area contributed by atoms with Crippen LogP contribution in [0.1, 0.15) is 6.42 Å². The molecule has 0 aromatic heterocycles. The number of anilines is 1. The summed E-state index contributed by atoms with van der Waals surface area (Å²) < 4.78 is 10.4. The van der Waals surface area contributed by atoms with Crippen molar-refractivity contribution in [2.45, 2.75) is 12.5 Å². The first-order chi connectivity index (χ1) is 8.76. The van der Waals surface area contributed by atoms with Gasteiger partial charge in [0.15, 0.2) is 0 Å². The van der Waals surface area contributed by atoms with Gasteiger partial charge in [-0.3, -0.25) is 0 Å². The van der Waals surface area contributed by atoms with E-state index in [-0.39, 0.29) is 6.61 Å². The minimum atomic E-state index is -0.741. The number of hydrogen-bond acceptors (Lipinski definition) is 5. The zero-order chi connectivity index (χ0) is 13.2. The molecule has 0 fully saturated rings. The summed E-state index contributed by atoms with van der Waals surface area (Å²) >= 11 is 0. The van der Waals surface area contributed by atoms with Crippen molar-refractivity contribution in [2.24, 2.45) is 0 Å². The van der Waals surface area contributed by atoms with E-state index in [1.54, 1.807) is 7.11 Å². The first-order valence-corrected chi connectivity index (χ1v) is 6.01. The third-order valence-electron chi connectivity index (χ3n) is 2.37. The first-order valence-electron chi connectivity index (χ1n) is 6.01. The molecule has 0 heterocycles. The second-order valence-corrected chi connectivity index (χ2v) is 3.94. The predicted molar refractivity (Wildman–Crippen MR) is 70.0 cm³/mol. The van der Waals surface area contributed by atoms with Gasteiger partial charge in [0, 0.05) is 32.4 Å². The molecular weight excluding hydrogens is 234 g/mol. The maximum Gasteiger partial charge on any atom is 0.119 e. The number of benzene rings is 1. The van der Waals surface area contributed by atoms with Gasteiger partial charge in [-0.2, -0.15) is 0 Å². The van der Waals surface area contributed by atoms with Crippen molar-refractivity contribution in [1.29, 1.82) is 0 Å². The molecule has 1 aromatic carbocycles. The molecule has 0 spiro atoms. The van der Waals surface area contributed by atoms with E-state index < -0.39 is 6.10 Å². The maximum absolute atomic E-state index is 9.19. The van der Waals surface area contributed by atoms with Gasteiger partial charge in [0.25, 0.3) is 0 Å². The van der Waals surface area contributed by atoms with Crippen molar-refractivity contribution in [3.05, 3.63) is 24.3 Å². The van der Waals surface area contributed by atoms with Crippen molar-refractivity contribution >= 4 is 5.69 Å². The van der Waals surface area contributed by atoms with Crippen molar-refractivity contribution in [3.8, 4) is 5.75 Å². The Kier molecular flexibility index (Phi) is 7.17. The normalized spacial score (nSPS) is 12.2. The Bertz CT molecular complexity index is 315. The van der Waals surface area contributed by atoms with Crippen molar-refractivity contribution in [1.82, 2.24) is 0 Å². The second kappa shape index (κ2) is 8.74. The number of aliphatic hydroxyl groups excluding tert-OH is 2. The zero-order valence-electron chi connectivity index (χ0n) is 10.6. The number of ether oxygens (including phenoxy) is 2. The highest BCUT2D eigenvalue weighted by molar-refractivity contribution is 5.46. The van der Waals surface area contributed by atoms with E-state index in [9.17, 15) is 5.11 Å². The molecule has 0 aliphatic heterocycles. The van der Waals surface area contributed by atoms with Gasteiger partial charge in [0.05, 0.1) is 19.3 Å². The van der Waals surface area contributed by atoms with Gasteiger partial charge in [-0.15, -0.1) is 0 Å². The molecule has 0 bridgehead atoms.